The third-order valence-corrected chi connectivity index (χ3v) is 3.04. The zero-order chi connectivity index (χ0) is 12.2. The van der Waals surface area contributed by atoms with Gasteiger partial charge in [0.2, 0.25) is 0 Å². The van der Waals surface area contributed by atoms with Crippen molar-refractivity contribution < 1.29 is 13.2 Å². The molecule has 5 heteroatoms. The number of halogens is 3. The summed E-state index contributed by atoms with van der Waals surface area (Å²) in [5, 5.41) is 0. The van der Waals surface area contributed by atoms with E-state index in [1.165, 1.54) is 17.8 Å². The molecule has 0 radical (unpaired) electrons. The van der Waals surface area contributed by atoms with Gasteiger partial charge in [0, 0.05) is 16.3 Å². The van der Waals surface area contributed by atoms with Crippen LogP contribution in [0, 0.1) is 0 Å². The van der Waals surface area contributed by atoms with E-state index in [4.69, 9.17) is 5.73 Å². The number of nitrogens with two attached hydrogens (primary N) is 1. The Labute approximate surface area is 96.5 Å². The number of hydrogen-bond acceptors (Lipinski definition) is 2. The van der Waals surface area contributed by atoms with Gasteiger partial charge in [-0.25, -0.2) is 0 Å². The Morgan fingerprint density at radius 2 is 2.06 bits per heavy atom. The van der Waals surface area contributed by atoms with E-state index in [9.17, 15) is 13.2 Å². The Balaban J connectivity index is 2.79. The van der Waals surface area contributed by atoms with Crippen LogP contribution < -0.4 is 5.73 Å². The molecule has 0 heterocycles. The van der Waals surface area contributed by atoms with Gasteiger partial charge in [0.25, 0.3) is 0 Å². The number of alkyl halides is 3. The molecule has 0 saturated carbocycles. The Morgan fingerprint density at radius 1 is 1.38 bits per heavy atom. The first-order valence-electron chi connectivity index (χ1n) is 4.65. The number of rotatable bonds is 4. The van der Waals surface area contributed by atoms with Crippen molar-refractivity contribution >= 4 is 17.4 Å². The van der Waals surface area contributed by atoms with Crippen LogP contribution in [0.4, 0.5) is 18.9 Å². The maximum Gasteiger partial charge on any atom is 0.416 e. The predicted molar refractivity (Wildman–Crippen MR) is 61.4 cm³/mol. The molecule has 0 aromatic heterocycles. The Kier molecular flexibility index (Phi) is 4.29. The van der Waals surface area contributed by atoms with E-state index in [2.05, 4.69) is 6.58 Å². The van der Waals surface area contributed by atoms with Crippen LogP contribution in [0.15, 0.2) is 35.7 Å². The van der Waals surface area contributed by atoms with Crippen LogP contribution in [0.2, 0.25) is 0 Å². The zero-order valence-corrected chi connectivity index (χ0v) is 9.37. The molecule has 1 aromatic carbocycles. The molecular weight excluding hydrogens is 235 g/mol. The Morgan fingerprint density at radius 3 is 2.56 bits per heavy atom. The highest BCUT2D eigenvalue weighted by atomic mass is 32.2. The monoisotopic (exact) mass is 247 g/mol. The average molecular weight is 247 g/mol. The van der Waals surface area contributed by atoms with Crippen molar-refractivity contribution in [3.63, 3.8) is 0 Å². The highest BCUT2D eigenvalue weighted by Gasteiger charge is 2.30. The first-order chi connectivity index (χ1) is 7.45. The van der Waals surface area contributed by atoms with Crippen LogP contribution >= 0.6 is 11.8 Å². The van der Waals surface area contributed by atoms with E-state index in [1.54, 1.807) is 6.08 Å². The Bertz CT molecular complexity index is 374. The van der Waals surface area contributed by atoms with Crippen LogP contribution in [0.5, 0.6) is 0 Å². The molecule has 0 unspecified atom stereocenters. The molecule has 2 N–H and O–H groups in total. The summed E-state index contributed by atoms with van der Waals surface area (Å²) in [4.78, 5) is 0.676. The fourth-order valence-electron chi connectivity index (χ4n) is 1.11. The number of benzene rings is 1. The van der Waals surface area contributed by atoms with Crippen molar-refractivity contribution in [2.24, 2.45) is 0 Å². The highest BCUT2D eigenvalue weighted by Crippen LogP contribution is 2.34. The van der Waals surface area contributed by atoms with Crippen LogP contribution in [0.1, 0.15) is 12.0 Å². The van der Waals surface area contributed by atoms with E-state index in [-0.39, 0.29) is 5.69 Å². The van der Waals surface area contributed by atoms with Crippen LogP contribution in [-0.2, 0) is 6.18 Å². The lowest BCUT2D eigenvalue weighted by Gasteiger charge is -2.10. The summed E-state index contributed by atoms with van der Waals surface area (Å²) in [6, 6.07) is 3.43. The lowest BCUT2D eigenvalue weighted by Crippen LogP contribution is -2.05. The molecule has 0 bridgehead atoms. The minimum absolute atomic E-state index is 0.170. The third-order valence-electron chi connectivity index (χ3n) is 1.92. The van der Waals surface area contributed by atoms with Gasteiger partial charge < -0.3 is 5.73 Å². The minimum atomic E-state index is -4.33. The molecule has 1 nitrogen and oxygen atoms in total. The molecule has 1 aromatic rings. The van der Waals surface area contributed by atoms with Crippen molar-refractivity contribution in [3.8, 4) is 0 Å². The molecule has 0 atom stereocenters. The lowest BCUT2D eigenvalue weighted by atomic mass is 10.2. The fourth-order valence-corrected chi connectivity index (χ4v) is 2.00. The Hall–Kier alpha value is -1.10. The summed E-state index contributed by atoms with van der Waals surface area (Å²) >= 11 is 1.43. The molecule has 16 heavy (non-hydrogen) atoms. The van der Waals surface area contributed by atoms with Gasteiger partial charge >= 0.3 is 6.18 Å². The van der Waals surface area contributed by atoms with E-state index < -0.39 is 11.7 Å². The van der Waals surface area contributed by atoms with Gasteiger partial charge in [0.1, 0.15) is 0 Å². The van der Waals surface area contributed by atoms with Crippen molar-refractivity contribution in [3.05, 3.63) is 36.4 Å². The van der Waals surface area contributed by atoms with E-state index in [1.807, 2.05) is 0 Å². The number of hydrogen-bond donors (Lipinski definition) is 1. The fraction of sp³-hybridized carbons (Fsp3) is 0.273. The summed E-state index contributed by atoms with van der Waals surface area (Å²) in [5.74, 6) is 0.763. The third kappa shape index (κ3) is 3.48. The van der Waals surface area contributed by atoms with Crippen LogP contribution in [-0.4, -0.2) is 5.75 Å². The second-order valence-electron chi connectivity index (χ2n) is 3.18. The smallest absolute Gasteiger partial charge is 0.398 e. The molecule has 1 rings (SSSR count). The minimum Gasteiger partial charge on any atom is -0.398 e. The number of anilines is 1. The van der Waals surface area contributed by atoms with Gasteiger partial charge in [0.15, 0.2) is 0 Å². The quantitative estimate of drug-likeness (QED) is 0.377. The molecule has 0 aliphatic rings. The lowest BCUT2D eigenvalue weighted by molar-refractivity contribution is -0.137. The average Bonchev–Trinajstić information content (AvgIpc) is 2.19. The van der Waals surface area contributed by atoms with E-state index in [0.717, 1.165) is 24.3 Å². The molecule has 0 fully saturated rings. The summed E-state index contributed by atoms with van der Waals surface area (Å²) in [5.41, 5.74) is 5.01. The second kappa shape index (κ2) is 5.30. The van der Waals surface area contributed by atoms with Gasteiger partial charge in [-0.2, -0.15) is 13.2 Å². The normalized spacial score (nSPS) is 11.4. The molecule has 0 amide bonds. The molecule has 0 aliphatic carbocycles. The molecule has 88 valence electrons. The SMILES string of the molecule is C=CCCSc1ccc(C(F)(F)F)cc1N. The second-order valence-corrected chi connectivity index (χ2v) is 4.31. The first kappa shape index (κ1) is 13.0. The maximum atomic E-state index is 12.3. The van der Waals surface area contributed by atoms with Gasteiger partial charge in [0.05, 0.1) is 5.56 Å². The summed E-state index contributed by atoms with van der Waals surface area (Å²) in [7, 11) is 0. The van der Waals surface area contributed by atoms with Gasteiger partial charge in [-0.15, -0.1) is 18.3 Å². The van der Waals surface area contributed by atoms with Crippen molar-refractivity contribution in [1.29, 1.82) is 0 Å². The van der Waals surface area contributed by atoms with Crippen LogP contribution in [0.3, 0.4) is 0 Å². The maximum absolute atomic E-state index is 12.3. The van der Waals surface area contributed by atoms with Gasteiger partial charge in [-0.05, 0) is 24.6 Å². The van der Waals surface area contributed by atoms with Gasteiger partial charge in [-0.1, -0.05) is 6.08 Å². The summed E-state index contributed by atoms with van der Waals surface area (Å²) in [6.07, 6.45) is -1.78. The number of allylic oxidation sites excluding steroid dienone is 1. The predicted octanol–water partition coefficient (Wildman–Crippen LogP) is 3.96. The highest BCUT2D eigenvalue weighted by molar-refractivity contribution is 7.99. The molecular formula is C11H12F3NS. The van der Waals surface area contributed by atoms with Gasteiger partial charge in [-0.3, -0.25) is 0 Å². The molecule has 0 aliphatic heterocycles. The zero-order valence-electron chi connectivity index (χ0n) is 8.55. The number of nitrogen functional groups attached to an aromatic ring is 1. The van der Waals surface area contributed by atoms with E-state index >= 15 is 0 Å². The van der Waals surface area contributed by atoms with Crippen molar-refractivity contribution in [1.82, 2.24) is 0 Å². The molecule has 0 saturated heterocycles. The van der Waals surface area contributed by atoms with Crippen molar-refractivity contribution in [2.45, 2.75) is 17.5 Å². The topological polar surface area (TPSA) is 26.0 Å². The molecule has 0 spiro atoms. The van der Waals surface area contributed by atoms with E-state index in [0.29, 0.717) is 4.90 Å². The summed E-state index contributed by atoms with van der Waals surface area (Å²) in [6.45, 7) is 3.57. The largest absolute Gasteiger partial charge is 0.416 e. The van der Waals surface area contributed by atoms with Crippen LogP contribution in [0.25, 0.3) is 0 Å². The van der Waals surface area contributed by atoms with Crippen molar-refractivity contribution in [2.75, 3.05) is 11.5 Å². The standard InChI is InChI=1S/C11H12F3NS/c1-2-3-6-16-10-5-4-8(7-9(10)15)11(12,13)14/h2,4-5,7H,1,3,6,15H2. The number of thioether (sulfide) groups is 1. The summed E-state index contributed by atoms with van der Waals surface area (Å²) < 4.78 is 37.0. The first-order valence-corrected chi connectivity index (χ1v) is 5.64.